The second-order valence-corrected chi connectivity index (χ2v) is 7.92. The van der Waals surface area contributed by atoms with E-state index < -0.39 is 0 Å². The lowest BCUT2D eigenvalue weighted by Gasteiger charge is -2.29. The maximum Gasteiger partial charge on any atom is 0.275 e. The van der Waals surface area contributed by atoms with Crippen LogP contribution in [0, 0.1) is 0 Å². The standard InChI is InChI=1S/C22H28ClN3O2/c1-17(20-5-3-4-6-21(20)23)24-22(27)16-26-13-11-25(12-14-26)15-18-7-9-19(28-2)10-8-18/h3-10,17H,11-16H2,1-2H3,(H,24,27)/p+2/t17-/m1/s1. The Balaban J connectivity index is 1.42. The van der Waals surface area contributed by atoms with Crippen LogP contribution in [0.25, 0.3) is 0 Å². The molecule has 1 aliphatic heterocycles. The molecule has 0 spiro atoms. The van der Waals surface area contributed by atoms with Crippen molar-refractivity contribution in [3.8, 4) is 5.75 Å². The molecular formula is C22H30ClN3O2+2. The molecule has 1 amide bonds. The van der Waals surface area contributed by atoms with Gasteiger partial charge in [-0.2, -0.15) is 0 Å². The third-order valence-corrected chi connectivity index (χ3v) is 5.78. The molecule has 1 atom stereocenters. The van der Waals surface area contributed by atoms with Gasteiger partial charge in [-0.1, -0.05) is 29.8 Å². The number of quaternary nitrogens is 2. The molecule has 2 aromatic carbocycles. The molecule has 1 heterocycles. The molecule has 0 unspecified atom stereocenters. The van der Waals surface area contributed by atoms with Gasteiger partial charge in [0.1, 0.15) is 38.5 Å². The Labute approximate surface area is 172 Å². The van der Waals surface area contributed by atoms with Gasteiger partial charge in [0.05, 0.1) is 13.2 Å². The fourth-order valence-corrected chi connectivity index (χ4v) is 4.07. The summed E-state index contributed by atoms with van der Waals surface area (Å²) in [4.78, 5) is 15.4. The van der Waals surface area contributed by atoms with Crippen LogP contribution < -0.4 is 19.9 Å². The number of hydrogen-bond donors (Lipinski definition) is 3. The number of ether oxygens (including phenoxy) is 1. The first-order chi connectivity index (χ1) is 13.5. The van der Waals surface area contributed by atoms with Crippen LogP contribution in [0.1, 0.15) is 24.1 Å². The maximum absolute atomic E-state index is 12.4. The first-order valence-corrected chi connectivity index (χ1v) is 10.3. The number of nitrogens with one attached hydrogen (secondary N) is 3. The fourth-order valence-electron chi connectivity index (χ4n) is 3.77. The largest absolute Gasteiger partial charge is 0.497 e. The van der Waals surface area contributed by atoms with Crippen LogP contribution in [0.5, 0.6) is 5.75 Å². The molecule has 28 heavy (non-hydrogen) atoms. The van der Waals surface area contributed by atoms with Crippen molar-refractivity contribution in [1.29, 1.82) is 0 Å². The molecule has 0 radical (unpaired) electrons. The minimum absolute atomic E-state index is 0.0809. The van der Waals surface area contributed by atoms with Crippen LogP contribution in [-0.2, 0) is 11.3 Å². The Morgan fingerprint density at radius 3 is 2.36 bits per heavy atom. The van der Waals surface area contributed by atoms with Crippen LogP contribution in [0.15, 0.2) is 48.5 Å². The van der Waals surface area contributed by atoms with Gasteiger partial charge in [0.25, 0.3) is 5.91 Å². The number of carbonyl (C=O) groups excluding carboxylic acids is 1. The molecule has 2 aromatic rings. The Morgan fingerprint density at radius 2 is 1.71 bits per heavy atom. The average molecular weight is 404 g/mol. The van der Waals surface area contributed by atoms with E-state index in [2.05, 4.69) is 17.4 Å². The molecular weight excluding hydrogens is 374 g/mol. The molecule has 0 saturated carbocycles. The van der Waals surface area contributed by atoms with Gasteiger partial charge in [-0.25, -0.2) is 0 Å². The number of rotatable bonds is 7. The highest BCUT2D eigenvalue weighted by atomic mass is 35.5. The van der Waals surface area contributed by atoms with Crippen molar-refractivity contribution >= 4 is 17.5 Å². The van der Waals surface area contributed by atoms with Gasteiger partial charge in [-0.05, 0) is 42.8 Å². The number of piperazine rings is 1. The predicted octanol–water partition coefficient (Wildman–Crippen LogP) is 0.509. The minimum Gasteiger partial charge on any atom is -0.497 e. The zero-order valence-electron chi connectivity index (χ0n) is 16.6. The summed E-state index contributed by atoms with van der Waals surface area (Å²) in [5, 5.41) is 3.78. The lowest BCUT2D eigenvalue weighted by molar-refractivity contribution is -1.02. The minimum atomic E-state index is -0.0809. The van der Waals surface area contributed by atoms with E-state index in [-0.39, 0.29) is 11.9 Å². The quantitative estimate of drug-likeness (QED) is 0.631. The van der Waals surface area contributed by atoms with E-state index >= 15 is 0 Å². The number of carbonyl (C=O) groups is 1. The number of amides is 1. The second-order valence-electron chi connectivity index (χ2n) is 7.51. The molecule has 1 fully saturated rings. The van der Waals surface area contributed by atoms with E-state index in [4.69, 9.17) is 16.3 Å². The van der Waals surface area contributed by atoms with Crippen molar-refractivity contribution in [1.82, 2.24) is 5.32 Å². The third-order valence-electron chi connectivity index (χ3n) is 5.44. The third kappa shape index (κ3) is 5.71. The second kappa shape index (κ2) is 9.92. The summed E-state index contributed by atoms with van der Waals surface area (Å²) in [6, 6.07) is 15.9. The van der Waals surface area contributed by atoms with Gasteiger partial charge < -0.3 is 19.9 Å². The zero-order chi connectivity index (χ0) is 19.9. The monoisotopic (exact) mass is 403 g/mol. The molecule has 5 nitrogen and oxygen atoms in total. The van der Waals surface area contributed by atoms with Gasteiger partial charge >= 0.3 is 0 Å². The van der Waals surface area contributed by atoms with Gasteiger partial charge in [0, 0.05) is 10.6 Å². The van der Waals surface area contributed by atoms with Gasteiger partial charge in [0.2, 0.25) is 0 Å². The van der Waals surface area contributed by atoms with E-state index in [0.29, 0.717) is 11.6 Å². The molecule has 0 bridgehead atoms. The normalized spacial score (nSPS) is 20.4. The number of halogens is 1. The predicted molar refractivity (Wildman–Crippen MR) is 111 cm³/mol. The summed E-state index contributed by atoms with van der Waals surface area (Å²) in [5.41, 5.74) is 2.28. The van der Waals surface area contributed by atoms with Crippen molar-refractivity contribution < 1.29 is 19.3 Å². The number of methoxy groups -OCH3 is 1. The first-order valence-electron chi connectivity index (χ1n) is 9.89. The van der Waals surface area contributed by atoms with Gasteiger partial charge in [0.15, 0.2) is 6.54 Å². The highest BCUT2D eigenvalue weighted by Crippen LogP contribution is 2.21. The van der Waals surface area contributed by atoms with E-state index in [1.807, 2.05) is 43.3 Å². The van der Waals surface area contributed by atoms with Crippen LogP contribution in [0.2, 0.25) is 5.02 Å². The lowest BCUT2D eigenvalue weighted by atomic mass is 10.1. The van der Waals surface area contributed by atoms with Crippen LogP contribution in [0.3, 0.4) is 0 Å². The van der Waals surface area contributed by atoms with Crippen molar-refractivity contribution in [2.75, 3.05) is 39.8 Å². The molecule has 3 rings (SSSR count). The Morgan fingerprint density at radius 1 is 1.07 bits per heavy atom. The lowest BCUT2D eigenvalue weighted by Crippen LogP contribution is -3.28. The molecule has 150 valence electrons. The van der Waals surface area contributed by atoms with Crippen molar-refractivity contribution in [2.24, 2.45) is 0 Å². The number of benzene rings is 2. The molecule has 0 aromatic heterocycles. The van der Waals surface area contributed by atoms with Gasteiger partial charge in [-0.3, -0.25) is 4.79 Å². The van der Waals surface area contributed by atoms with Gasteiger partial charge in [-0.15, -0.1) is 0 Å². The summed E-state index contributed by atoms with van der Waals surface area (Å²) >= 11 is 6.23. The first kappa shape index (κ1) is 20.6. The molecule has 0 aliphatic carbocycles. The SMILES string of the molecule is COc1ccc(C[NH+]2CC[NH+](CC(=O)N[C@H](C)c3ccccc3Cl)CC2)cc1. The highest BCUT2D eigenvalue weighted by molar-refractivity contribution is 6.31. The van der Waals surface area contributed by atoms with Crippen molar-refractivity contribution in [3.63, 3.8) is 0 Å². The van der Waals surface area contributed by atoms with Crippen LogP contribution in [0.4, 0.5) is 0 Å². The smallest absolute Gasteiger partial charge is 0.275 e. The molecule has 1 saturated heterocycles. The fraction of sp³-hybridized carbons (Fsp3) is 0.409. The topological polar surface area (TPSA) is 47.2 Å². The summed E-state index contributed by atoms with van der Waals surface area (Å²) in [7, 11) is 1.69. The Hall–Kier alpha value is -2.08. The molecule has 6 heteroatoms. The van der Waals surface area contributed by atoms with E-state index in [1.165, 1.54) is 10.5 Å². The molecule has 3 N–H and O–H groups in total. The number of hydrogen-bond acceptors (Lipinski definition) is 2. The average Bonchev–Trinajstić information content (AvgIpc) is 2.70. The van der Waals surface area contributed by atoms with Crippen molar-refractivity contribution in [3.05, 3.63) is 64.7 Å². The zero-order valence-corrected chi connectivity index (χ0v) is 17.4. The van der Waals surface area contributed by atoms with Crippen LogP contribution >= 0.6 is 11.6 Å². The maximum atomic E-state index is 12.4. The molecule has 1 aliphatic rings. The summed E-state index contributed by atoms with van der Waals surface area (Å²) in [5.74, 6) is 0.978. The summed E-state index contributed by atoms with van der Waals surface area (Å²) in [6.07, 6.45) is 0. The highest BCUT2D eigenvalue weighted by Gasteiger charge is 2.25. The summed E-state index contributed by atoms with van der Waals surface area (Å²) < 4.78 is 5.22. The summed E-state index contributed by atoms with van der Waals surface area (Å²) in [6.45, 7) is 7.70. The van der Waals surface area contributed by atoms with E-state index in [1.54, 1.807) is 12.0 Å². The van der Waals surface area contributed by atoms with Crippen LogP contribution in [-0.4, -0.2) is 45.7 Å². The Bertz CT molecular complexity index is 774. The van der Waals surface area contributed by atoms with Crippen molar-refractivity contribution in [2.45, 2.75) is 19.5 Å². The van der Waals surface area contributed by atoms with E-state index in [0.717, 1.165) is 44.0 Å². The Kier molecular flexibility index (Phi) is 7.31. The van der Waals surface area contributed by atoms with E-state index in [9.17, 15) is 4.79 Å².